The predicted octanol–water partition coefficient (Wildman–Crippen LogP) is -0.267. The van der Waals surface area contributed by atoms with E-state index in [1.165, 1.54) is 0 Å². The predicted molar refractivity (Wildman–Crippen MR) is 38.2 cm³/mol. The molecule has 0 aromatic rings. The molecule has 0 radical (unpaired) electrons. The topological polar surface area (TPSA) is 50.1 Å². The van der Waals surface area contributed by atoms with Gasteiger partial charge in [0.15, 0.2) is 5.11 Å². The monoisotopic (exact) mass is 133 g/mol. The minimum absolute atomic E-state index is 0.346. The first kappa shape index (κ1) is 7.65. The van der Waals surface area contributed by atoms with Gasteiger partial charge in [-0.2, -0.15) is 0 Å². The highest BCUT2D eigenvalue weighted by atomic mass is 32.1. The van der Waals surface area contributed by atoms with Crippen LogP contribution in [0.15, 0.2) is 0 Å². The average Bonchev–Trinajstić information content (AvgIpc) is 1.65. The van der Waals surface area contributed by atoms with Crippen LogP contribution in [-0.4, -0.2) is 11.2 Å². The zero-order chi connectivity index (χ0) is 6.57. The maximum atomic E-state index is 4.97. The van der Waals surface area contributed by atoms with Crippen molar-refractivity contribution in [1.29, 1.82) is 0 Å². The molecule has 0 rings (SSSR count). The van der Waals surface area contributed by atoms with Gasteiger partial charge < -0.3 is 10.7 Å². The van der Waals surface area contributed by atoms with Gasteiger partial charge in [0.25, 0.3) is 0 Å². The first-order chi connectivity index (χ1) is 3.66. The van der Waals surface area contributed by atoms with Gasteiger partial charge in [-0.05, 0) is 26.1 Å². The van der Waals surface area contributed by atoms with Gasteiger partial charge in [0.05, 0.1) is 0 Å². The largest absolute Gasteiger partial charge is 0.359 e. The Hall–Kier alpha value is -0.350. The van der Waals surface area contributed by atoms with E-state index in [0.717, 1.165) is 0 Å². The smallest absolute Gasteiger partial charge is 0.180 e. The molecule has 8 heavy (non-hydrogen) atoms. The minimum Gasteiger partial charge on any atom is -0.359 e. The zero-order valence-electron chi connectivity index (χ0n) is 5.06. The van der Waals surface area contributed by atoms with Crippen LogP contribution in [0.2, 0.25) is 0 Å². The normalized spacial score (nSPS) is 9.00. The molecule has 4 N–H and O–H groups in total. The van der Waals surface area contributed by atoms with Crippen molar-refractivity contribution >= 4 is 17.3 Å². The third-order valence-corrected chi connectivity index (χ3v) is 0.787. The SMILES string of the molecule is CC(C)NC(=S)NN. The van der Waals surface area contributed by atoms with Gasteiger partial charge in [-0.3, -0.25) is 0 Å². The van der Waals surface area contributed by atoms with Gasteiger partial charge in [0, 0.05) is 6.04 Å². The zero-order valence-corrected chi connectivity index (χ0v) is 5.88. The van der Waals surface area contributed by atoms with Crippen LogP contribution in [0.4, 0.5) is 0 Å². The Labute approximate surface area is 54.6 Å². The van der Waals surface area contributed by atoms with Gasteiger partial charge in [-0.1, -0.05) is 0 Å². The minimum atomic E-state index is 0.346. The molecular formula is C4H11N3S. The van der Waals surface area contributed by atoms with Crippen molar-refractivity contribution in [2.45, 2.75) is 19.9 Å². The molecule has 0 bridgehead atoms. The lowest BCUT2D eigenvalue weighted by atomic mass is 10.4. The van der Waals surface area contributed by atoms with E-state index in [0.29, 0.717) is 11.2 Å². The van der Waals surface area contributed by atoms with Gasteiger partial charge in [-0.15, -0.1) is 0 Å². The van der Waals surface area contributed by atoms with E-state index >= 15 is 0 Å². The summed E-state index contributed by atoms with van der Waals surface area (Å²) < 4.78 is 0. The van der Waals surface area contributed by atoms with E-state index < -0.39 is 0 Å². The molecule has 0 aliphatic carbocycles. The van der Waals surface area contributed by atoms with Crippen molar-refractivity contribution in [1.82, 2.24) is 10.7 Å². The third-order valence-electron chi connectivity index (χ3n) is 0.551. The molecule has 0 amide bonds. The van der Waals surface area contributed by atoms with Crippen LogP contribution in [0.25, 0.3) is 0 Å². The molecule has 0 saturated carbocycles. The standard InChI is InChI=1S/C4H11N3S/c1-3(2)6-4(8)7-5/h3H,5H2,1-2H3,(H2,6,7,8). The van der Waals surface area contributed by atoms with Crippen LogP contribution < -0.4 is 16.6 Å². The summed E-state index contributed by atoms with van der Waals surface area (Å²) in [4.78, 5) is 0. The van der Waals surface area contributed by atoms with Gasteiger partial charge >= 0.3 is 0 Å². The summed E-state index contributed by atoms with van der Waals surface area (Å²) in [6.07, 6.45) is 0. The van der Waals surface area contributed by atoms with Crippen LogP contribution in [0.5, 0.6) is 0 Å². The Morgan fingerprint density at radius 3 is 2.25 bits per heavy atom. The second-order valence-electron chi connectivity index (χ2n) is 1.77. The van der Waals surface area contributed by atoms with Crippen molar-refractivity contribution in [3.05, 3.63) is 0 Å². The molecule has 0 aromatic heterocycles. The van der Waals surface area contributed by atoms with Crippen molar-refractivity contribution < 1.29 is 0 Å². The van der Waals surface area contributed by atoms with Crippen LogP contribution in [0.1, 0.15) is 13.8 Å². The maximum absolute atomic E-state index is 4.97. The molecule has 3 nitrogen and oxygen atoms in total. The molecule has 0 heterocycles. The highest BCUT2D eigenvalue weighted by Crippen LogP contribution is 1.73. The fourth-order valence-electron chi connectivity index (χ4n) is 0.304. The van der Waals surface area contributed by atoms with Crippen LogP contribution in [-0.2, 0) is 0 Å². The van der Waals surface area contributed by atoms with E-state index in [1.54, 1.807) is 0 Å². The Morgan fingerprint density at radius 1 is 1.62 bits per heavy atom. The maximum Gasteiger partial charge on any atom is 0.180 e. The van der Waals surface area contributed by atoms with E-state index in [4.69, 9.17) is 5.84 Å². The number of rotatable bonds is 1. The molecule has 48 valence electrons. The van der Waals surface area contributed by atoms with Crippen molar-refractivity contribution in [2.75, 3.05) is 0 Å². The van der Waals surface area contributed by atoms with Crippen molar-refractivity contribution in [3.63, 3.8) is 0 Å². The van der Waals surface area contributed by atoms with Gasteiger partial charge in [0.1, 0.15) is 0 Å². The van der Waals surface area contributed by atoms with E-state index in [-0.39, 0.29) is 0 Å². The Bertz CT molecular complexity index is 81.4. The lowest BCUT2D eigenvalue weighted by Crippen LogP contribution is -2.42. The summed E-state index contributed by atoms with van der Waals surface area (Å²) in [5, 5.41) is 3.37. The number of nitrogens with one attached hydrogen (secondary N) is 2. The van der Waals surface area contributed by atoms with Crippen LogP contribution >= 0.6 is 12.2 Å². The summed E-state index contributed by atoms with van der Waals surface area (Å²) in [6.45, 7) is 3.98. The summed E-state index contributed by atoms with van der Waals surface area (Å²) in [5.74, 6) is 4.97. The molecule has 0 atom stereocenters. The van der Waals surface area contributed by atoms with Crippen molar-refractivity contribution in [3.8, 4) is 0 Å². The van der Waals surface area contributed by atoms with Gasteiger partial charge in [-0.25, -0.2) is 5.84 Å². The quantitative estimate of drug-likeness (QED) is 0.262. The number of hydrogen-bond donors (Lipinski definition) is 3. The highest BCUT2D eigenvalue weighted by Gasteiger charge is 1.91. The van der Waals surface area contributed by atoms with E-state index in [1.807, 2.05) is 13.8 Å². The molecule has 0 aromatic carbocycles. The average molecular weight is 133 g/mol. The van der Waals surface area contributed by atoms with Crippen molar-refractivity contribution in [2.24, 2.45) is 5.84 Å². The van der Waals surface area contributed by atoms with Crippen LogP contribution in [0, 0.1) is 0 Å². The molecule has 0 saturated heterocycles. The number of hydrazine groups is 1. The molecular weight excluding hydrogens is 122 g/mol. The molecule has 4 heteroatoms. The summed E-state index contributed by atoms with van der Waals surface area (Å²) in [5.41, 5.74) is 2.32. The second-order valence-corrected chi connectivity index (χ2v) is 2.18. The Balaban J connectivity index is 3.25. The van der Waals surface area contributed by atoms with E-state index in [2.05, 4.69) is 23.0 Å². The second kappa shape index (κ2) is 3.63. The fraction of sp³-hybridized carbons (Fsp3) is 0.750. The molecule has 0 unspecified atom stereocenters. The number of nitrogens with two attached hydrogens (primary N) is 1. The number of thiocarbonyl (C=S) groups is 1. The summed E-state index contributed by atoms with van der Waals surface area (Å²) in [6, 6.07) is 0.346. The molecule has 0 spiro atoms. The summed E-state index contributed by atoms with van der Waals surface area (Å²) in [7, 11) is 0. The Morgan fingerprint density at radius 2 is 2.12 bits per heavy atom. The van der Waals surface area contributed by atoms with Crippen LogP contribution in [0.3, 0.4) is 0 Å². The molecule has 0 aliphatic heterocycles. The first-order valence-corrected chi connectivity index (χ1v) is 2.84. The fourth-order valence-corrected chi connectivity index (χ4v) is 0.540. The highest BCUT2D eigenvalue weighted by molar-refractivity contribution is 7.80. The lowest BCUT2D eigenvalue weighted by molar-refractivity contribution is 0.719. The third kappa shape index (κ3) is 3.83. The number of hydrogen-bond acceptors (Lipinski definition) is 2. The Kier molecular flexibility index (Phi) is 3.47. The van der Waals surface area contributed by atoms with E-state index in [9.17, 15) is 0 Å². The lowest BCUT2D eigenvalue weighted by Gasteiger charge is -2.08. The first-order valence-electron chi connectivity index (χ1n) is 2.44. The molecule has 0 aliphatic rings. The van der Waals surface area contributed by atoms with Gasteiger partial charge in [0.2, 0.25) is 0 Å². The molecule has 0 fully saturated rings. The summed E-state index contributed by atoms with van der Waals surface area (Å²) >= 11 is 4.68.